The van der Waals surface area contributed by atoms with Gasteiger partial charge in [0.25, 0.3) is 0 Å². The molecule has 1 saturated carbocycles. The molecule has 0 amide bonds. The van der Waals surface area contributed by atoms with Crippen molar-refractivity contribution >= 4 is 27.7 Å². The molecule has 1 atom stereocenters. The summed E-state index contributed by atoms with van der Waals surface area (Å²) in [5.74, 6) is 0.957. The third kappa shape index (κ3) is 5.57. The molecule has 0 radical (unpaired) electrons. The van der Waals surface area contributed by atoms with Gasteiger partial charge >= 0.3 is 0 Å². The van der Waals surface area contributed by atoms with Gasteiger partial charge in [-0.05, 0) is 59.8 Å². The lowest BCUT2D eigenvalue weighted by Crippen LogP contribution is -2.34. The highest BCUT2D eigenvalue weighted by atomic mass is 79.9. The first kappa shape index (κ1) is 17.3. The molecular formula is C17H25BrFNS. The number of hydrogen-bond acceptors (Lipinski definition) is 2. The van der Waals surface area contributed by atoms with E-state index >= 15 is 0 Å². The molecule has 1 nitrogen and oxygen atoms in total. The second-order valence-corrected chi connectivity index (χ2v) is 7.93. The first-order chi connectivity index (χ1) is 10.2. The predicted molar refractivity (Wildman–Crippen MR) is 94.6 cm³/mol. The van der Waals surface area contributed by atoms with Crippen LogP contribution in [0.15, 0.2) is 22.7 Å². The van der Waals surface area contributed by atoms with Crippen molar-refractivity contribution in [2.24, 2.45) is 0 Å². The fourth-order valence-electron chi connectivity index (χ4n) is 2.82. The van der Waals surface area contributed by atoms with Crippen molar-refractivity contribution in [2.75, 3.05) is 12.3 Å². The molecule has 0 heterocycles. The van der Waals surface area contributed by atoms with Crippen LogP contribution < -0.4 is 5.32 Å². The second kappa shape index (κ2) is 9.16. The third-order valence-corrected chi connectivity index (χ3v) is 6.44. The Morgan fingerprint density at radius 1 is 1.38 bits per heavy atom. The smallest absolute Gasteiger partial charge is 0.137 e. The minimum Gasteiger partial charge on any atom is -0.313 e. The summed E-state index contributed by atoms with van der Waals surface area (Å²) in [4.78, 5) is 0. The van der Waals surface area contributed by atoms with Crippen LogP contribution >= 0.6 is 27.7 Å². The number of benzene rings is 1. The molecule has 1 aromatic carbocycles. The van der Waals surface area contributed by atoms with Crippen LogP contribution in [-0.2, 0) is 6.42 Å². The van der Waals surface area contributed by atoms with Gasteiger partial charge in [-0.2, -0.15) is 11.8 Å². The predicted octanol–water partition coefficient (Wildman–Crippen LogP) is 5.17. The van der Waals surface area contributed by atoms with Gasteiger partial charge in [0, 0.05) is 17.0 Å². The Morgan fingerprint density at radius 2 is 2.14 bits per heavy atom. The largest absolute Gasteiger partial charge is 0.313 e. The van der Waals surface area contributed by atoms with Gasteiger partial charge in [0.1, 0.15) is 5.82 Å². The van der Waals surface area contributed by atoms with Gasteiger partial charge in [0.15, 0.2) is 0 Å². The fraction of sp³-hybridized carbons (Fsp3) is 0.647. The Kier molecular flexibility index (Phi) is 7.55. The summed E-state index contributed by atoms with van der Waals surface area (Å²) in [6.07, 6.45) is 7.54. The van der Waals surface area contributed by atoms with Crippen LogP contribution in [0.25, 0.3) is 0 Å². The maximum Gasteiger partial charge on any atom is 0.137 e. The van der Waals surface area contributed by atoms with Crippen molar-refractivity contribution < 1.29 is 4.39 Å². The summed E-state index contributed by atoms with van der Waals surface area (Å²) in [5, 5.41) is 4.46. The van der Waals surface area contributed by atoms with E-state index in [1.165, 1.54) is 31.7 Å². The van der Waals surface area contributed by atoms with Crippen LogP contribution in [0.1, 0.15) is 44.6 Å². The third-order valence-electron chi connectivity index (χ3n) is 4.02. The maximum atomic E-state index is 13.6. The SMILES string of the molecule is CCCNC(CSC1CCCC1)Cc1cccc(F)c1Br. The quantitative estimate of drug-likeness (QED) is 0.673. The highest BCUT2D eigenvalue weighted by molar-refractivity contribution is 9.10. The van der Waals surface area contributed by atoms with E-state index in [2.05, 4.69) is 39.9 Å². The summed E-state index contributed by atoms with van der Waals surface area (Å²) < 4.78 is 14.3. The van der Waals surface area contributed by atoms with E-state index in [1.807, 2.05) is 6.07 Å². The van der Waals surface area contributed by atoms with E-state index in [0.717, 1.165) is 36.0 Å². The fourth-order valence-corrected chi connectivity index (χ4v) is 4.65. The van der Waals surface area contributed by atoms with Crippen LogP contribution in [0, 0.1) is 5.82 Å². The standard InChI is InChI=1S/C17H25BrFNS/c1-2-10-20-14(12-21-15-7-3-4-8-15)11-13-6-5-9-16(19)17(13)18/h5-6,9,14-15,20H,2-4,7-8,10-12H2,1H3. The maximum absolute atomic E-state index is 13.6. The highest BCUT2D eigenvalue weighted by Crippen LogP contribution is 2.30. The average Bonchev–Trinajstić information content (AvgIpc) is 2.99. The first-order valence-electron chi connectivity index (χ1n) is 7.98. The van der Waals surface area contributed by atoms with Crippen LogP contribution in [0.3, 0.4) is 0 Å². The first-order valence-corrected chi connectivity index (χ1v) is 9.82. The molecule has 0 aromatic heterocycles. The Hall–Kier alpha value is -0.0600. The molecule has 1 aromatic rings. The van der Waals surface area contributed by atoms with Crippen molar-refractivity contribution in [3.8, 4) is 0 Å². The number of nitrogens with one attached hydrogen (secondary N) is 1. The molecule has 1 N–H and O–H groups in total. The average molecular weight is 374 g/mol. The van der Waals surface area contributed by atoms with Gasteiger partial charge in [-0.25, -0.2) is 4.39 Å². The molecule has 0 spiro atoms. The molecule has 118 valence electrons. The molecule has 4 heteroatoms. The molecule has 0 bridgehead atoms. The van der Waals surface area contributed by atoms with Crippen molar-refractivity contribution in [1.29, 1.82) is 0 Å². The zero-order valence-electron chi connectivity index (χ0n) is 12.7. The summed E-state index contributed by atoms with van der Waals surface area (Å²) in [7, 11) is 0. The van der Waals surface area contributed by atoms with E-state index in [4.69, 9.17) is 0 Å². The van der Waals surface area contributed by atoms with Gasteiger partial charge in [-0.3, -0.25) is 0 Å². The summed E-state index contributed by atoms with van der Waals surface area (Å²) in [5.41, 5.74) is 1.07. The Labute approximate surface area is 140 Å². The monoisotopic (exact) mass is 373 g/mol. The van der Waals surface area contributed by atoms with Gasteiger partial charge < -0.3 is 5.32 Å². The Bertz CT molecular complexity index is 435. The molecule has 1 fully saturated rings. The summed E-state index contributed by atoms with van der Waals surface area (Å²) in [6.45, 7) is 3.22. The highest BCUT2D eigenvalue weighted by Gasteiger charge is 2.19. The van der Waals surface area contributed by atoms with E-state index in [0.29, 0.717) is 10.5 Å². The van der Waals surface area contributed by atoms with Crippen molar-refractivity contribution in [3.05, 3.63) is 34.1 Å². The molecule has 1 aliphatic carbocycles. The second-order valence-electron chi connectivity index (χ2n) is 5.81. The van der Waals surface area contributed by atoms with Crippen molar-refractivity contribution in [2.45, 2.75) is 56.7 Å². The Balaban J connectivity index is 1.92. The molecule has 21 heavy (non-hydrogen) atoms. The normalized spacial score (nSPS) is 17.3. The van der Waals surface area contributed by atoms with Gasteiger partial charge in [0.05, 0.1) is 4.47 Å². The van der Waals surface area contributed by atoms with Gasteiger partial charge in [-0.15, -0.1) is 0 Å². The molecule has 0 saturated heterocycles. The van der Waals surface area contributed by atoms with E-state index < -0.39 is 0 Å². The number of halogens is 2. The summed E-state index contributed by atoms with van der Waals surface area (Å²) >= 11 is 5.48. The van der Waals surface area contributed by atoms with Crippen LogP contribution in [0.4, 0.5) is 4.39 Å². The Morgan fingerprint density at radius 3 is 2.86 bits per heavy atom. The van der Waals surface area contributed by atoms with Crippen molar-refractivity contribution in [1.82, 2.24) is 5.32 Å². The molecule has 0 aliphatic heterocycles. The van der Waals surface area contributed by atoms with Gasteiger partial charge in [-0.1, -0.05) is 31.9 Å². The minimum absolute atomic E-state index is 0.162. The number of rotatable bonds is 8. The molecule has 2 rings (SSSR count). The topological polar surface area (TPSA) is 12.0 Å². The molecule has 1 aliphatic rings. The zero-order valence-corrected chi connectivity index (χ0v) is 15.1. The number of thioether (sulfide) groups is 1. The lowest BCUT2D eigenvalue weighted by molar-refractivity contribution is 0.545. The van der Waals surface area contributed by atoms with Gasteiger partial charge in [0.2, 0.25) is 0 Å². The van der Waals surface area contributed by atoms with E-state index in [9.17, 15) is 4.39 Å². The van der Waals surface area contributed by atoms with Crippen LogP contribution in [-0.4, -0.2) is 23.6 Å². The molecule has 1 unspecified atom stereocenters. The van der Waals surface area contributed by atoms with E-state index in [1.54, 1.807) is 6.07 Å². The summed E-state index contributed by atoms with van der Waals surface area (Å²) in [6, 6.07) is 5.76. The minimum atomic E-state index is -0.162. The van der Waals surface area contributed by atoms with Crippen molar-refractivity contribution in [3.63, 3.8) is 0 Å². The molecular weight excluding hydrogens is 349 g/mol. The lowest BCUT2D eigenvalue weighted by atomic mass is 10.1. The lowest BCUT2D eigenvalue weighted by Gasteiger charge is -2.21. The van der Waals surface area contributed by atoms with Crippen LogP contribution in [0.5, 0.6) is 0 Å². The van der Waals surface area contributed by atoms with E-state index in [-0.39, 0.29) is 5.82 Å². The number of hydrogen-bond donors (Lipinski definition) is 1. The van der Waals surface area contributed by atoms with Crippen LogP contribution in [0.2, 0.25) is 0 Å². The zero-order chi connectivity index (χ0) is 15.1.